The predicted molar refractivity (Wildman–Crippen MR) is 108 cm³/mol. The number of likely N-dealkylation sites (tertiary alicyclic amines) is 1. The number of aromatic nitrogens is 5. The van der Waals surface area contributed by atoms with Gasteiger partial charge < -0.3 is 15.0 Å². The molecule has 0 aliphatic carbocycles. The lowest BCUT2D eigenvalue weighted by molar-refractivity contribution is 0.0206. The van der Waals surface area contributed by atoms with Crippen molar-refractivity contribution in [2.75, 3.05) is 18.4 Å². The van der Waals surface area contributed by atoms with Crippen molar-refractivity contribution in [1.82, 2.24) is 29.5 Å². The van der Waals surface area contributed by atoms with Crippen LogP contribution in [0, 0.1) is 5.82 Å². The molecule has 0 unspecified atom stereocenters. The molecule has 9 nitrogen and oxygen atoms in total. The molecule has 1 amide bonds. The first-order valence-corrected chi connectivity index (χ1v) is 9.85. The van der Waals surface area contributed by atoms with E-state index in [9.17, 15) is 9.18 Å². The molecular formula is C20H24FN7O2. The first kappa shape index (κ1) is 20.0. The number of amides is 1. The van der Waals surface area contributed by atoms with E-state index in [1.165, 1.54) is 0 Å². The fourth-order valence-electron chi connectivity index (χ4n) is 3.39. The third-order valence-electron chi connectivity index (χ3n) is 4.72. The minimum absolute atomic E-state index is 0.0966. The number of rotatable bonds is 3. The van der Waals surface area contributed by atoms with Crippen LogP contribution in [0.5, 0.6) is 0 Å². The molecule has 0 spiro atoms. The van der Waals surface area contributed by atoms with Crippen LogP contribution in [0.4, 0.5) is 15.0 Å². The van der Waals surface area contributed by atoms with E-state index in [4.69, 9.17) is 4.74 Å². The van der Waals surface area contributed by atoms with Gasteiger partial charge in [-0.15, -0.1) is 0 Å². The Labute approximate surface area is 173 Å². The number of ether oxygens (including phenoxy) is 1. The largest absolute Gasteiger partial charge is 0.444 e. The Hall–Kier alpha value is -3.30. The van der Waals surface area contributed by atoms with Crippen molar-refractivity contribution in [2.24, 2.45) is 0 Å². The summed E-state index contributed by atoms with van der Waals surface area (Å²) in [4.78, 5) is 26.6. The minimum Gasteiger partial charge on any atom is -0.444 e. The molecule has 1 atom stereocenters. The van der Waals surface area contributed by atoms with Crippen LogP contribution >= 0.6 is 0 Å². The summed E-state index contributed by atoms with van der Waals surface area (Å²) in [6, 6.07) is -0.144. The maximum absolute atomic E-state index is 14.4. The number of nitrogens with zero attached hydrogens (tertiary/aromatic N) is 6. The molecule has 1 fully saturated rings. The predicted octanol–water partition coefficient (Wildman–Crippen LogP) is 3.14. The summed E-state index contributed by atoms with van der Waals surface area (Å²) in [5, 5.41) is 7.37. The quantitative estimate of drug-likeness (QED) is 0.704. The Kier molecular flexibility index (Phi) is 5.23. The van der Waals surface area contributed by atoms with E-state index in [1.807, 2.05) is 20.8 Å². The summed E-state index contributed by atoms with van der Waals surface area (Å²) in [5.41, 5.74) is 0.822. The van der Waals surface area contributed by atoms with Gasteiger partial charge in [0, 0.05) is 31.5 Å². The highest BCUT2D eigenvalue weighted by Crippen LogP contribution is 2.24. The van der Waals surface area contributed by atoms with Crippen molar-refractivity contribution in [2.45, 2.75) is 45.3 Å². The second kappa shape index (κ2) is 7.85. The van der Waals surface area contributed by atoms with E-state index in [0.29, 0.717) is 24.5 Å². The summed E-state index contributed by atoms with van der Waals surface area (Å²) in [6.45, 7) is 6.52. The average Bonchev–Trinajstić information content (AvgIpc) is 3.13. The van der Waals surface area contributed by atoms with E-state index < -0.39 is 11.4 Å². The molecule has 4 heterocycles. The van der Waals surface area contributed by atoms with Crippen molar-refractivity contribution < 1.29 is 13.9 Å². The Bertz CT molecular complexity index is 1060. The number of fused-ring (bicyclic) bond motifs is 1. The SMILES string of the molecule is CC(C)(C)OC(=O)N1CCC[C@@H](Nc2nc(-c3cnn4ccncc34)ncc2F)C1. The van der Waals surface area contributed by atoms with Gasteiger partial charge in [0.25, 0.3) is 0 Å². The van der Waals surface area contributed by atoms with E-state index in [0.717, 1.165) is 24.6 Å². The van der Waals surface area contributed by atoms with Crippen molar-refractivity contribution in [3.63, 3.8) is 0 Å². The highest BCUT2D eigenvalue weighted by atomic mass is 19.1. The number of anilines is 1. The number of hydrogen-bond acceptors (Lipinski definition) is 7. The van der Waals surface area contributed by atoms with Gasteiger partial charge in [0.1, 0.15) is 5.60 Å². The van der Waals surface area contributed by atoms with Gasteiger partial charge in [0.2, 0.25) is 0 Å². The molecule has 1 saturated heterocycles. The smallest absolute Gasteiger partial charge is 0.410 e. The molecule has 158 valence electrons. The first-order chi connectivity index (χ1) is 14.3. The van der Waals surface area contributed by atoms with E-state index in [2.05, 4.69) is 25.4 Å². The lowest BCUT2D eigenvalue weighted by atomic mass is 10.1. The third-order valence-corrected chi connectivity index (χ3v) is 4.72. The van der Waals surface area contributed by atoms with Crippen LogP contribution in [0.2, 0.25) is 0 Å². The number of piperidine rings is 1. The molecule has 10 heteroatoms. The molecule has 3 aromatic heterocycles. The minimum atomic E-state index is -0.561. The van der Waals surface area contributed by atoms with Gasteiger partial charge in [-0.05, 0) is 33.6 Å². The van der Waals surface area contributed by atoms with Crippen molar-refractivity contribution in [1.29, 1.82) is 0 Å². The molecule has 30 heavy (non-hydrogen) atoms. The van der Waals surface area contributed by atoms with Crippen LogP contribution in [0.1, 0.15) is 33.6 Å². The van der Waals surface area contributed by atoms with Gasteiger partial charge >= 0.3 is 6.09 Å². The fourth-order valence-corrected chi connectivity index (χ4v) is 3.39. The number of halogens is 1. The molecule has 1 aliphatic rings. The van der Waals surface area contributed by atoms with Crippen LogP contribution in [0.3, 0.4) is 0 Å². The second-order valence-corrected chi connectivity index (χ2v) is 8.26. The molecule has 0 radical (unpaired) electrons. The number of carbonyl (C=O) groups is 1. The molecule has 3 aromatic rings. The van der Waals surface area contributed by atoms with Gasteiger partial charge in [-0.1, -0.05) is 0 Å². The normalized spacial score (nSPS) is 17.2. The first-order valence-electron chi connectivity index (χ1n) is 9.85. The summed E-state index contributed by atoms with van der Waals surface area (Å²) in [7, 11) is 0. The highest BCUT2D eigenvalue weighted by molar-refractivity contribution is 5.75. The molecule has 1 aliphatic heterocycles. The Morgan fingerprint density at radius 1 is 1.30 bits per heavy atom. The monoisotopic (exact) mass is 413 g/mol. The van der Waals surface area contributed by atoms with E-state index in [1.54, 1.807) is 34.2 Å². The molecule has 0 saturated carbocycles. The van der Waals surface area contributed by atoms with E-state index in [-0.39, 0.29) is 18.0 Å². The second-order valence-electron chi connectivity index (χ2n) is 8.26. The Morgan fingerprint density at radius 2 is 2.13 bits per heavy atom. The molecular weight excluding hydrogens is 389 g/mol. The topological polar surface area (TPSA) is 97.5 Å². The zero-order valence-electron chi connectivity index (χ0n) is 17.2. The Balaban J connectivity index is 1.52. The van der Waals surface area contributed by atoms with E-state index >= 15 is 0 Å². The summed E-state index contributed by atoms with van der Waals surface area (Å²) < 4.78 is 21.5. The van der Waals surface area contributed by atoms with Crippen LogP contribution < -0.4 is 5.32 Å². The maximum atomic E-state index is 14.4. The Morgan fingerprint density at radius 3 is 2.93 bits per heavy atom. The van der Waals surface area contributed by atoms with Gasteiger partial charge in [0.05, 0.1) is 29.7 Å². The molecule has 0 bridgehead atoms. The molecule has 4 rings (SSSR count). The number of carbonyl (C=O) groups excluding carboxylic acids is 1. The number of nitrogens with one attached hydrogen (secondary N) is 1. The lowest BCUT2D eigenvalue weighted by Crippen LogP contribution is -2.47. The number of hydrogen-bond donors (Lipinski definition) is 1. The van der Waals surface area contributed by atoms with Gasteiger partial charge in [-0.3, -0.25) is 4.98 Å². The van der Waals surface area contributed by atoms with Crippen molar-refractivity contribution in [3.05, 3.63) is 36.8 Å². The van der Waals surface area contributed by atoms with Gasteiger partial charge in [-0.25, -0.2) is 23.7 Å². The lowest BCUT2D eigenvalue weighted by Gasteiger charge is -2.34. The summed E-state index contributed by atoms with van der Waals surface area (Å²) in [6.07, 6.45) is 8.97. The van der Waals surface area contributed by atoms with Crippen LogP contribution in [0.15, 0.2) is 31.0 Å². The summed E-state index contributed by atoms with van der Waals surface area (Å²) in [5.74, 6) is -0.108. The van der Waals surface area contributed by atoms with Crippen molar-refractivity contribution in [3.8, 4) is 11.4 Å². The highest BCUT2D eigenvalue weighted by Gasteiger charge is 2.28. The zero-order chi connectivity index (χ0) is 21.3. The van der Waals surface area contributed by atoms with Crippen LogP contribution in [0.25, 0.3) is 16.9 Å². The standard InChI is InChI=1S/C20H24FN7O2/c1-20(2,3)30-19(29)27-7-4-5-13(12-27)25-18-15(21)10-23-17(26-18)14-9-24-28-8-6-22-11-16(14)28/h6,8-11,13H,4-5,7,12H2,1-3H3,(H,23,25,26)/t13-/m1/s1. The molecule has 1 N–H and O–H groups in total. The average molecular weight is 413 g/mol. The van der Waals surface area contributed by atoms with Crippen LogP contribution in [-0.2, 0) is 4.74 Å². The van der Waals surface area contributed by atoms with Gasteiger partial charge in [-0.2, -0.15) is 5.10 Å². The zero-order valence-corrected chi connectivity index (χ0v) is 17.2. The third kappa shape index (κ3) is 4.32. The fraction of sp³-hybridized carbons (Fsp3) is 0.450. The molecule has 0 aromatic carbocycles. The van der Waals surface area contributed by atoms with Crippen molar-refractivity contribution >= 4 is 17.4 Å². The summed E-state index contributed by atoms with van der Waals surface area (Å²) >= 11 is 0. The van der Waals surface area contributed by atoms with Gasteiger partial charge in [0.15, 0.2) is 17.5 Å². The maximum Gasteiger partial charge on any atom is 0.410 e. The van der Waals surface area contributed by atoms with Crippen LogP contribution in [-0.4, -0.2) is 60.3 Å².